The van der Waals surface area contributed by atoms with Crippen LogP contribution in [0.1, 0.15) is 24.8 Å². The van der Waals surface area contributed by atoms with Gasteiger partial charge in [0.25, 0.3) is 0 Å². The molecule has 1 aromatic rings. The lowest BCUT2D eigenvalue weighted by atomic mass is 10.2. The first-order chi connectivity index (χ1) is 9.92. The molecule has 3 N–H and O–H groups in total. The second-order valence-corrected chi connectivity index (χ2v) is 6.94. The Morgan fingerprint density at radius 1 is 1.33 bits per heavy atom. The molecule has 0 aromatic heterocycles. The third-order valence-electron chi connectivity index (χ3n) is 3.71. The van der Waals surface area contributed by atoms with Crippen LogP contribution in [0.2, 0.25) is 0 Å². The zero-order chi connectivity index (χ0) is 15.5. The molecule has 7 heteroatoms. The molecule has 0 bridgehead atoms. The van der Waals surface area contributed by atoms with Crippen molar-refractivity contribution >= 4 is 21.6 Å². The molecule has 1 aliphatic heterocycles. The van der Waals surface area contributed by atoms with Gasteiger partial charge in [0.15, 0.2) is 0 Å². The van der Waals surface area contributed by atoms with E-state index in [9.17, 15) is 13.2 Å². The highest BCUT2D eigenvalue weighted by Gasteiger charge is 2.20. The first-order valence-electron chi connectivity index (χ1n) is 7.04. The van der Waals surface area contributed by atoms with Crippen LogP contribution < -0.4 is 10.5 Å². The molecule has 1 aromatic carbocycles. The summed E-state index contributed by atoms with van der Waals surface area (Å²) in [4.78, 5) is 13.8. The zero-order valence-corrected chi connectivity index (χ0v) is 12.9. The average molecular weight is 311 g/mol. The molecule has 0 spiro atoms. The van der Waals surface area contributed by atoms with E-state index in [1.54, 1.807) is 24.0 Å². The molecule has 1 heterocycles. The van der Waals surface area contributed by atoms with E-state index >= 15 is 0 Å². The second kappa shape index (κ2) is 6.44. The highest BCUT2D eigenvalue weighted by Crippen LogP contribution is 2.20. The van der Waals surface area contributed by atoms with E-state index in [1.165, 1.54) is 6.07 Å². The standard InChI is InChI=1S/C14H21N3O3S/c1-11-12(15)5-4-6-13(11)21(19,20)16-8-7-14(18)17-9-2-3-10-17/h4-6,16H,2-3,7-10,15H2,1H3. The maximum Gasteiger partial charge on any atom is 0.240 e. The summed E-state index contributed by atoms with van der Waals surface area (Å²) in [6, 6.07) is 4.77. The first-order valence-corrected chi connectivity index (χ1v) is 8.52. The molecule has 0 aliphatic carbocycles. The van der Waals surface area contributed by atoms with Gasteiger partial charge in [0.05, 0.1) is 4.90 Å². The van der Waals surface area contributed by atoms with E-state index in [1.807, 2.05) is 0 Å². The van der Waals surface area contributed by atoms with Gasteiger partial charge in [0.1, 0.15) is 0 Å². The van der Waals surface area contributed by atoms with Crippen molar-refractivity contribution in [2.45, 2.75) is 31.1 Å². The Bertz CT molecular complexity index is 622. The van der Waals surface area contributed by atoms with Gasteiger partial charge in [-0.05, 0) is 37.5 Å². The Morgan fingerprint density at radius 2 is 2.00 bits per heavy atom. The lowest BCUT2D eigenvalue weighted by Gasteiger charge is -2.15. The number of sulfonamides is 1. The fraction of sp³-hybridized carbons (Fsp3) is 0.500. The topological polar surface area (TPSA) is 92.5 Å². The van der Waals surface area contributed by atoms with Crippen LogP contribution in [0.25, 0.3) is 0 Å². The highest BCUT2D eigenvalue weighted by molar-refractivity contribution is 7.89. The van der Waals surface area contributed by atoms with Gasteiger partial charge in [-0.15, -0.1) is 0 Å². The summed E-state index contributed by atoms with van der Waals surface area (Å²) in [6.07, 6.45) is 2.24. The predicted molar refractivity (Wildman–Crippen MR) is 81.2 cm³/mol. The van der Waals surface area contributed by atoms with Crippen molar-refractivity contribution in [3.63, 3.8) is 0 Å². The third kappa shape index (κ3) is 3.74. The van der Waals surface area contributed by atoms with Gasteiger partial charge in [-0.3, -0.25) is 4.79 Å². The van der Waals surface area contributed by atoms with Crippen molar-refractivity contribution in [3.05, 3.63) is 23.8 Å². The molecule has 1 aliphatic rings. The van der Waals surface area contributed by atoms with Crippen molar-refractivity contribution < 1.29 is 13.2 Å². The van der Waals surface area contributed by atoms with Gasteiger partial charge in [-0.1, -0.05) is 6.07 Å². The Balaban J connectivity index is 1.95. The van der Waals surface area contributed by atoms with Crippen molar-refractivity contribution in [3.8, 4) is 0 Å². The van der Waals surface area contributed by atoms with Crippen LogP contribution in [-0.2, 0) is 14.8 Å². The lowest BCUT2D eigenvalue weighted by Crippen LogP contribution is -2.33. The number of anilines is 1. The third-order valence-corrected chi connectivity index (χ3v) is 5.31. The number of nitrogens with one attached hydrogen (secondary N) is 1. The minimum absolute atomic E-state index is 0.000465. The molecule has 0 saturated carbocycles. The molecule has 1 amide bonds. The van der Waals surface area contributed by atoms with Gasteiger partial charge in [-0.2, -0.15) is 0 Å². The zero-order valence-electron chi connectivity index (χ0n) is 12.1. The Hall–Kier alpha value is -1.60. The maximum atomic E-state index is 12.2. The minimum atomic E-state index is -3.63. The number of hydrogen-bond donors (Lipinski definition) is 2. The largest absolute Gasteiger partial charge is 0.398 e. The molecule has 116 valence electrons. The number of hydrogen-bond acceptors (Lipinski definition) is 4. The number of nitrogen functional groups attached to an aromatic ring is 1. The SMILES string of the molecule is Cc1c(N)cccc1S(=O)(=O)NCCC(=O)N1CCCC1. The van der Waals surface area contributed by atoms with Crippen molar-refractivity contribution in [2.75, 3.05) is 25.4 Å². The quantitative estimate of drug-likeness (QED) is 0.789. The van der Waals surface area contributed by atoms with Crippen LogP contribution in [0.15, 0.2) is 23.1 Å². The average Bonchev–Trinajstić information content (AvgIpc) is 2.95. The number of amides is 1. The molecule has 1 saturated heterocycles. The van der Waals surface area contributed by atoms with Crippen molar-refractivity contribution in [1.29, 1.82) is 0 Å². The van der Waals surface area contributed by atoms with E-state index in [-0.39, 0.29) is 23.8 Å². The van der Waals surface area contributed by atoms with Gasteiger partial charge >= 0.3 is 0 Å². The molecular weight excluding hydrogens is 290 g/mol. The molecule has 21 heavy (non-hydrogen) atoms. The normalized spacial score (nSPS) is 15.4. The summed E-state index contributed by atoms with van der Waals surface area (Å²) >= 11 is 0. The Morgan fingerprint density at radius 3 is 2.67 bits per heavy atom. The van der Waals surface area contributed by atoms with Crippen molar-refractivity contribution in [2.24, 2.45) is 0 Å². The van der Waals surface area contributed by atoms with Crippen molar-refractivity contribution in [1.82, 2.24) is 9.62 Å². The van der Waals surface area contributed by atoms with Gasteiger partial charge in [0, 0.05) is 31.7 Å². The first kappa shape index (κ1) is 15.8. The number of carbonyl (C=O) groups excluding carboxylic acids is 1. The van der Waals surface area contributed by atoms with Crippen LogP contribution in [-0.4, -0.2) is 38.9 Å². The second-order valence-electron chi connectivity index (χ2n) is 5.21. The molecule has 2 rings (SSSR count). The number of rotatable bonds is 5. The van der Waals surface area contributed by atoms with E-state index in [0.29, 0.717) is 11.3 Å². The van der Waals surface area contributed by atoms with Gasteiger partial charge < -0.3 is 10.6 Å². The summed E-state index contributed by atoms with van der Waals surface area (Å²) in [7, 11) is -3.63. The fourth-order valence-corrected chi connectivity index (χ4v) is 3.72. The van der Waals surface area contributed by atoms with Crippen LogP contribution in [0, 0.1) is 6.92 Å². The molecule has 1 fully saturated rings. The van der Waals surface area contributed by atoms with Crippen LogP contribution >= 0.6 is 0 Å². The summed E-state index contributed by atoms with van der Waals surface area (Å²) < 4.78 is 26.9. The number of likely N-dealkylation sites (tertiary alicyclic amines) is 1. The lowest BCUT2D eigenvalue weighted by molar-refractivity contribution is -0.129. The number of nitrogens with zero attached hydrogens (tertiary/aromatic N) is 1. The summed E-state index contributed by atoms with van der Waals surface area (Å²) in [5.74, 6) is -0.000465. The molecule has 0 atom stereocenters. The number of nitrogens with two attached hydrogens (primary N) is 1. The molecule has 6 nitrogen and oxygen atoms in total. The summed E-state index contributed by atoms with van der Waals surface area (Å²) in [6.45, 7) is 3.32. The van der Waals surface area contributed by atoms with Crippen LogP contribution in [0.4, 0.5) is 5.69 Å². The summed E-state index contributed by atoms with van der Waals surface area (Å²) in [5, 5.41) is 0. The number of carbonyl (C=O) groups is 1. The monoisotopic (exact) mass is 311 g/mol. The minimum Gasteiger partial charge on any atom is -0.398 e. The fourth-order valence-electron chi connectivity index (χ4n) is 2.42. The van der Waals surface area contributed by atoms with E-state index < -0.39 is 10.0 Å². The van der Waals surface area contributed by atoms with E-state index in [4.69, 9.17) is 5.73 Å². The number of benzene rings is 1. The van der Waals surface area contributed by atoms with Gasteiger partial charge in [0.2, 0.25) is 15.9 Å². The predicted octanol–water partition coefficient (Wildman–Crippen LogP) is 0.868. The Labute approximate surface area is 125 Å². The molecule has 0 radical (unpaired) electrons. The summed E-state index contributed by atoms with van der Waals surface area (Å²) in [5.41, 5.74) is 6.68. The van der Waals surface area contributed by atoms with E-state index in [0.717, 1.165) is 25.9 Å². The smallest absolute Gasteiger partial charge is 0.240 e. The molecular formula is C14H21N3O3S. The van der Waals surface area contributed by atoms with Crippen LogP contribution in [0.3, 0.4) is 0 Å². The Kier molecular flexibility index (Phi) is 4.84. The van der Waals surface area contributed by atoms with E-state index in [2.05, 4.69) is 4.72 Å². The van der Waals surface area contributed by atoms with Gasteiger partial charge in [-0.25, -0.2) is 13.1 Å². The maximum absolute atomic E-state index is 12.2. The highest BCUT2D eigenvalue weighted by atomic mass is 32.2. The molecule has 0 unspecified atom stereocenters. The van der Waals surface area contributed by atoms with Crippen LogP contribution in [0.5, 0.6) is 0 Å².